The summed E-state index contributed by atoms with van der Waals surface area (Å²) in [6, 6.07) is 4.68. The van der Waals surface area contributed by atoms with Crippen molar-refractivity contribution in [1.29, 1.82) is 0 Å². The van der Waals surface area contributed by atoms with E-state index >= 15 is 0 Å². The van der Waals surface area contributed by atoms with Gasteiger partial charge < -0.3 is 0 Å². The lowest BCUT2D eigenvalue weighted by Crippen LogP contribution is -2.12. The molecular formula is C9H5Cl3N2O2S2. The van der Waals surface area contributed by atoms with Crippen molar-refractivity contribution in [2.24, 2.45) is 0 Å². The molecule has 0 unspecified atom stereocenters. The van der Waals surface area contributed by atoms with Crippen molar-refractivity contribution in [3.8, 4) is 0 Å². The van der Waals surface area contributed by atoms with Crippen molar-refractivity contribution < 1.29 is 8.42 Å². The zero-order valence-electron chi connectivity index (χ0n) is 8.52. The van der Waals surface area contributed by atoms with Gasteiger partial charge in [-0.2, -0.15) is 0 Å². The van der Waals surface area contributed by atoms with E-state index in [-0.39, 0.29) is 24.4 Å². The number of nitrogens with zero attached hydrogens (tertiary/aromatic N) is 1. The highest BCUT2D eigenvalue weighted by Gasteiger charge is 2.20. The van der Waals surface area contributed by atoms with Crippen LogP contribution in [-0.4, -0.2) is 13.4 Å². The van der Waals surface area contributed by atoms with Gasteiger partial charge in [0, 0.05) is 0 Å². The minimum absolute atomic E-state index is 0.0107. The molecule has 1 aromatic carbocycles. The van der Waals surface area contributed by atoms with Gasteiger partial charge in [-0.3, -0.25) is 4.72 Å². The summed E-state index contributed by atoms with van der Waals surface area (Å²) in [6.07, 6.45) is 1.17. The minimum Gasteiger partial charge on any atom is -0.276 e. The molecule has 0 spiro atoms. The summed E-state index contributed by atoms with van der Waals surface area (Å²) in [6.45, 7) is 0. The molecule has 1 N–H and O–H groups in total. The molecule has 0 saturated carbocycles. The summed E-state index contributed by atoms with van der Waals surface area (Å²) >= 11 is 18.2. The van der Waals surface area contributed by atoms with Crippen molar-refractivity contribution >= 4 is 61.9 Å². The van der Waals surface area contributed by atoms with E-state index in [1.54, 1.807) is 6.07 Å². The molecular weight excluding hydrogens is 339 g/mol. The van der Waals surface area contributed by atoms with Crippen LogP contribution in [0.1, 0.15) is 0 Å². The van der Waals surface area contributed by atoms with Crippen LogP contribution in [0, 0.1) is 0 Å². The van der Waals surface area contributed by atoms with Gasteiger partial charge in [-0.1, -0.05) is 52.2 Å². The number of para-hydroxylation sites is 1. The van der Waals surface area contributed by atoms with Crippen LogP contribution in [-0.2, 0) is 10.0 Å². The number of rotatable bonds is 3. The summed E-state index contributed by atoms with van der Waals surface area (Å²) in [5.41, 5.74) is 0.130. The normalized spacial score (nSPS) is 11.5. The molecule has 2 rings (SSSR count). The summed E-state index contributed by atoms with van der Waals surface area (Å²) in [5.74, 6) is 0. The fourth-order valence-corrected chi connectivity index (χ4v) is 4.14. The largest absolute Gasteiger partial charge is 0.276 e. The Morgan fingerprint density at radius 2 is 1.78 bits per heavy atom. The quantitative estimate of drug-likeness (QED) is 0.919. The molecule has 1 aromatic heterocycles. The minimum atomic E-state index is -3.78. The molecule has 2 aromatic rings. The van der Waals surface area contributed by atoms with Crippen molar-refractivity contribution in [1.82, 2.24) is 4.98 Å². The maximum Gasteiger partial charge on any atom is 0.273 e. The number of anilines is 1. The van der Waals surface area contributed by atoms with E-state index in [1.165, 1.54) is 18.3 Å². The van der Waals surface area contributed by atoms with Crippen LogP contribution in [0.25, 0.3) is 0 Å². The lowest BCUT2D eigenvalue weighted by atomic mass is 10.3. The average Bonchev–Trinajstić information content (AvgIpc) is 2.71. The zero-order valence-corrected chi connectivity index (χ0v) is 12.4. The van der Waals surface area contributed by atoms with Crippen molar-refractivity contribution in [3.05, 3.63) is 38.9 Å². The highest BCUT2D eigenvalue weighted by Crippen LogP contribution is 2.33. The van der Waals surface area contributed by atoms with Crippen molar-refractivity contribution in [3.63, 3.8) is 0 Å². The number of halogens is 3. The molecule has 9 heteroatoms. The standard InChI is InChI=1S/C9H5Cl3N2O2S2/c10-5-2-1-3-6(11)8(5)14-18(15,16)7-4-13-9(12)17-7/h1-4,14H. The molecule has 96 valence electrons. The summed E-state index contributed by atoms with van der Waals surface area (Å²) in [4.78, 5) is 3.67. The van der Waals surface area contributed by atoms with E-state index in [0.29, 0.717) is 0 Å². The molecule has 18 heavy (non-hydrogen) atoms. The van der Waals surface area contributed by atoms with Gasteiger partial charge in [0.25, 0.3) is 10.0 Å². The van der Waals surface area contributed by atoms with Crippen LogP contribution in [0.3, 0.4) is 0 Å². The van der Waals surface area contributed by atoms with Crippen LogP contribution < -0.4 is 4.72 Å². The first-order valence-electron chi connectivity index (χ1n) is 4.48. The Bertz CT molecular complexity index is 665. The predicted octanol–water partition coefficient (Wildman–Crippen LogP) is 3.90. The highest BCUT2D eigenvalue weighted by atomic mass is 35.5. The van der Waals surface area contributed by atoms with Crippen LogP contribution in [0.5, 0.6) is 0 Å². The van der Waals surface area contributed by atoms with Crippen molar-refractivity contribution in [2.45, 2.75) is 4.21 Å². The summed E-state index contributed by atoms with van der Waals surface area (Å²) < 4.78 is 26.4. The molecule has 0 bridgehead atoms. The predicted molar refractivity (Wildman–Crippen MR) is 74.4 cm³/mol. The fourth-order valence-electron chi connectivity index (χ4n) is 1.14. The van der Waals surface area contributed by atoms with Crippen LogP contribution in [0.4, 0.5) is 5.69 Å². The second-order valence-corrected chi connectivity index (χ2v) is 7.47. The first kappa shape index (κ1) is 13.9. The molecule has 0 aliphatic heterocycles. The first-order valence-corrected chi connectivity index (χ1v) is 7.91. The van der Waals surface area contributed by atoms with E-state index < -0.39 is 10.0 Å². The van der Waals surface area contributed by atoms with Gasteiger partial charge in [0.05, 0.1) is 21.9 Å². The first-order chi connectivity index (χ1) is 8.40. The molecule has 0 saturated heterocycles. The van der Waals surface area contributed by atoms with Gasteiger partial charge in [0.15, 0.2) is 8.68 Å². The number of nitrogens with one attached hydrogen (secondary N) is 1. The van der Waals surface area contributed by atoms with E-state index in [1.807, 2.05) is 0 Å². The molecule has 0 atom stereocenters. The van der Waals surface area contributed by atoms with Crippen LogP contribution >= 0.6 is 46.1 Å². The molecule has 1 heterocycles. The Morgan fingerprint density at radius 1 is 1.17 bits per heavy atom. The smallest absolute Gasteiger partial charge is 0.273 e. The molecule has 0 aliphatic carbocycles. The Kier molecular flexibility index (Phi) is 4.03. The molecule has 0 amide bonds. The number of hydrogen-bond donors (Lipinski definition) is 1. The van der Waals surface area contributed by atoms with Gasteiger partial charge in [-0.05, 0) is 12.1 Å². The topological polar surface area (TPSA) is 59.1 Å². The zero-order chi connectivity index (χ0) is 13.3. The van der Waals surface area contributed by atoms with Gasteiger partial charge in [0.1, 0.15) is 0 Å². The monoisotopic (exact) mass is 342 g/mol. The van der Waals surface area contributed by atoms with E-state index in [2.05, 4.69) is 9.71 Å². The third-order valence-corrected chi connectivity index (χ3v) is 5.48. The average molecular weight is 344 g/mol. The van der Waals surface area contributed by atoms with Gasteiger partial charge >= 0.3 is 0 Å². The molecule has 0 radical (unpaired) electrons. The van der Waals surface area contributed by atoms with Crippen LogP contribution in [0.15, 0.2) is 28.6 Å². The second-order valence-electron chi connectivity index (χ2n) is 3.13. The van der Waals surface area contributed by atoms with Crippen LogP contribution in [0.2, 0.25) is 14.5 Å². The third-order valence-electron chi connectivity index (χ3n) is 1.92. The lowest BCUT2D eigenvalue weighted by molar-refractivity contribution is 0.603. The van der Waals surface area contributed by atoms with E-state index in [4.69, 9.17) is 34.8 Å². The highest BCUT2D eigenvalue weighted by molar-refractivity contribution is 7.94. The second kappa shape index (κ2) is 5.22. The summed E-state index contributed by atoms with van der Waals surface area (Å²) in [5, 5.41) is 0.420. The molecule has 0 fully saturated rings. The SMILES string of the molecule is O=S(=O)(Nc1c(Cl)cccc1Cl)c1cnc(Cl)s1. The Hall–Kier alpha value is -0.530. The van der Waals surface area contributed by atoms with Crippen molar-refractivity contribution in [2.75, 3.05) is 4.72 Å². The number of hydrogen-bond acceptors (Lipinski definition) is 4. The third kappa shape index (κ3) is 2.89. The van der Waals surface area contributed by atoms with Gasteiger partial charge in [-0.15, -0.1) is 0 Å². The maximum atomic E-state index is 12.0. The number of aromatic nitrogens is 1. The molecule has 0 aliphatic rings. The number of sulfonamides is 1. The Balaban J connectivity index is 2.40. The number of benzene rings is 1. The Morgan fingerprint density at radius 3 is 2.28 bits per heavy atom. The van der Waals surface area contributed by atoms with E-state index in [9.17, 15) is 8.42 Å². The summed E-state index contributed by atoms with van der Waals surface area (Å²) in [7, 11) is -3.78. The molecule has 4 nitrogen and oxygen atoms in total. The van der Waals surface area contributed by atoms with E-state index in [0.717, 1.165) is 11.3 Å². The van der Waals surface area contributed by atoms with Gasteiger partial charge in [-0.25, -0.2) is 13.4 Å². The Labute approximate surface area is 123 Å². The number of thiazole rings is 1. The lowest BCUT2D eigenvalue weighted by Gasteiger charge is -2.09. The maximum absolute atomic E-state index is 12.0. The fraction of sp³-hybridized carbons (Fsp3) is 0. The van der Waals surface area contributed by atoms with Gasteiger partial charge in [0.2, 0.25) is 0 Å².